The Morgan fingerprint density at radius 1 is 0.338 bits per heavy atom. The third kappa shape index (κ3) is 65.5. The van der Waals surface area contributed by atoms with Crippen molar-refractivity contribution in [2.75, 3.05) is 13.2 Å². The molecule has 0 aliphatic heterocycles. The predicted molar refractivity (Wildman–Crippen MR) is 352 cm³/mol. The summed E-state index contributed by atoms with van der Waals surface area (Å²) >= 11 is 0. The zero-order valence-electron chi connectivity index (χ0n) is 54.3. The number of ether oxygens (including phenoxy) is 1. The van der Waals surface area contributed by atoms with Crippen LogP contribution in [0, 0.1) is 0 Å². The monoisotopic (exact) mass is 1130 g/mol. The molecule has 1 amide bonds. The molecule has 0 rings (SSSR count). The molecule has 0 aromatic carbocycles. The maximum absolute atomic E-state index is 12.5. The van der Waals surface area contributed by atoms with Crippen molar-refractivity contribution in [2.24, 2.45) is 0 Å². The van der Waals surface area contributed by atoms with Crippen molar-refractivity contribution >= 4 is 11.9 Å². The van der Waals surface area contributed by atoms with Crippen molar-refractivity contribution in [1.29, 1.82) is 0 Å². The number of hydrogen-bond acceptors (Lipinski definition) is 5. The SMILES string of the molecule is CCCCCCCCCCCCCC/C=C/C(O)C(CO)NC(=O)CCCCCCCCCCCCCCCCCCC/C=C\CCCCCCCCCCCCCCOC(=O)CCCCCCCCCCCCCCCCCC. The van der Waals surface area contributed by atoms with Gasteiger partial charge >= 0.3 is 5.97 Å². The average Bonchev–Trinajstić information content (AvgIpc) is 3.46. The van der Waals surface area contributed by atoms with E-state index >= 15 is 0 Å². The van der Waals surface area contributed by atoms with Gasteiger partial charge in [0.2, 0.25) is 5.91 Å². The molecule has 0 aliphatic rings. The topological polar surface area (TPSA) is 95.9 Å². The Labute approximate surface area is 501 Å². The largest absolute Gasteiger partial charge is 0.466 e. The summed E-state index contributed by atoms with van der Waals surface area (Å²) in [5, 5.41) is 23.1. The summed E-state index contributed by atoms with van der Waals surface area (Å²) in [6.07, 6.45) is 88.5. The van der Waals surface area contributed by atoms with Crippen molar-refractivity contribution in [2.45, 2.75) is 424 Å². The zero-order chi connectivity index (χ0) is 57.8. The van der Waals surface area contributed by atoms with Crippen LogP contribution in [0.1, 0.15) is 412 Å². The number of aliphatic hydroxyl groups is 2. The average molecular weight is 1130 g/mol. The second kappa shape index (κ2) is 69.8. The molecule has 80 heavy (non-hydrogen) atoms. The molecule has 3 N–H and O–H groups in total. The summed E-state index contributed by atoms with van der Waals surface area (Å²) in [7, 11) is 0. The minimum absolute atomic E-state index is 0.0226. The third-order valence-corrected chi connectivity index (χ3v) is 17.2. The molecule has 0 saturated carbocycles. The first-order chi connectivity index (χ1) is 39.5. The van der Waals surface area contributed by atoms with Gasteiger partial charge in [0, 0.05) is 12.8 Å². The van der Waals surface area contributed by atoms with E-state index in [9.17, 15) is 19.8 Å². The number of hydrogen-bond donors (Lipinski definition) is 3. The molecule has 0 spiro atoms. The van der Waals surface area contributed by atoms with E-state index in [2.05, 4.69) is 31.3 Å². The number of carbonyl (C=O) groups excluding carboxylic acids is 2. The molecule has 0 radical (unpaired) electrons. The molecule has 0 fully saturated rings. The zero-order valence-corrected chi connectivity index (χ0v) is 54.3. The first kappa shape index (κ1) is 78.3. The highest BCUT2D eigenvalue weighted by atomic mass is 16.5. The lowest BCUT2D eigenvalue weighted by molar-refractivity contribution is -0.143. The van der Waals surface area contributed by atoms with E-state index in [0.29, 0.717) is 19.4 Å². The number of aliphatic hydroxyl groups excluding tert-OH is 2. The van der Waals surface area contributed by atoms with Gasteiger partial charge in [-0.05, 0) is 57.8 Å². The quantitative estimate of drug-likeness (QED) is 0.0320. The Morgan fingerprint density at radius 2 is 0.588 bits per heavy atom. The lowest BCUT2D eigenvalue weighted by Gasteiger charge is -2.20. The van der Waals surface area contributed by atoms with E-state index in [1.54, 1.807) is 6.08 Å². The van der Waals surface area contributed by atoms with Gasteiger partial charge in [-0.1, -0.05) is 366 Å². The van der Waals surface area contributed by atoms with E-state index in [-0.39, 0.29) is 18.5 Å². The van der Waals surface area contributed by atoms with Gasteiger partial charge in [-0.3, -0.25) is 9.59 Å². The lowest BCUT2D eigenvalue weighted by Crippen LogP contribution is -2.45. The number of unbranched alkanes of at least 4 members (excludes halogenated alkanes) is 56. The molecule has 2 unspecified atom stereocenters. The van der Waals surface area contributed by atoms with Gasteiger partial charge in [-0.2, -0.15) is 0 Å². The smallest absolute Gasteiger partial charge is 0.305 e. The van der Waals surface area contributed by atoms with E-state index in [0.717, 1.165) is 38.5 Å². The van der Waals surface area contributed by atoms with Crippen LogP contribution in [0.25, 0.3) is 0 Å². The number of nitrogens with one attached hydrogen (secondary N) is 1. The van der Waals surface area contributed by atoms with Gasteiger partial charge in [0.25, 0.3) is 0 Å². The number of amides is 1. The van der Waals surface area contributed by atoms with Crippen LogP contribution in [-0.4, -0.2) is 47.4 Å². The summed E-state index contributed by atoms with van der Waals surface area (Å²) in [6, 6.07) is -0.625. The van der Waals surface area contributed by atoms with Crippen molar-refractivity contribution in [3.05, 3.63) is 24.3 Å². The Balaban J connectivity index is 3.34. The summed E-state index contributed by atoms with van der Waals surface area (Å²) < 4.78 is 5.51. The van der Waals surface area contributed by atoms with Crippen molar-refractivity contribution in [3.8, 4) is 0 Å². The molecular weight excluding hydrogens is 983 g/mol. The van der Waals surface area contributed by atoms with Crippen molar-refractivity contribution in [3.63, 3.8) is 0 Å². The summed E-state index contributed by atoms with van der Waals surface area (Å²) in [4.78, 5) is 24.6. The molecule has 0 bridgehead atoms. The Morgan fingerprint density at radius 3 is 0.887 bits per heavy atom. The van der Waals surface area contributed by atoms with Gasteiger partial charge in [-0.15, -0.1) is 0 Å². The predicted octanol–water partition coefficient (Wildman–Crippen LogP) is 23.7. The molecule has 0 aliphatic carbocycles. The summed E-state index contributed by atoms with van der Waals surface area (Å²) in [5.41, 5.74) is 0. The summed E-state index contributed by atoms with van der Waals surface area (Å²) in [6.45, 7) is 4.94. The minimum Gasteiger partial charge on any atom is -0.466 e. The molecule has 474 valence electrons. The molecule has 6 heteroatoms. The molecule has 0 aromatic heterocycles. The van der Waals surface area contributed by atoms with Gasteiger partial charge in [-0.25, -0.2) is 0 Å². The third-order valence-electron chi connectivity index (χ3n) is 17.2. The minimum atomic E-state index is -0.841. The first-order valence-corrected chi connectivity index (χ1v) is 36.6. The van der Waals surface area contributed by atoms with E-state index < -0.39 is 12.1 Å². The highest BCUT2D eigenvalue weighted by molar-refractivity contribution is 5.76. The fourth-order valence-electron chi connectivity index (χ4n) is 11.6. The lowest BCUT2D eigenvalue weighted by atomic mass is 10.0. The Bertz CT molecular complexity index is 1250. The highest BCUT2D eigenvalue weighted by Crippen LogP contribution is 2.19. The molecular formula is C74H143NO5. The Kier molecular flexibility index (Phi) is 68.4. The fourth-order valence-corrected chi connectivity index (χ4v) is 11.6. The Hall–Kier alpha value is -1.66. The number of esters is 1. The molecule has 6 nitrogen and oxygen atoms in total. The maximum Gasteiger partial charge on any atom is 0.305 e. The van der Waals surface area contributed by atoms with Crippen molar-refractivity contribution in [1.82, 2.24) is 5.32 Å². The second-order valence-corrected chi connectivity index (χ2v) is 25.3. The van der Waals surface area contributed by atoms with Gasteiger partial charge in [0.05, 0.1) is 25.4 Å². The van der Waals surface area contributed by atoms with Crippen LogP contribution in [0.3, 0.4) is 0 Å². The van der Waals surface area contributed by atoms with Crippen LogP contribution >= 0.6 is 0 Å². The second-order valence-electron chi connectivity index (χ2n) is 25.3. The van der Waals surface area contributed by atoms with Crippen LogP contribution in [0.4, 0.5) is 0 Å². The first-order valence-electron chi connectivity index (χ1n) is 36.6. The molecule has 0 saturated heterocycles. The summed E-state index contributed by atoms with van der Waals surface area (Å²) in [5.74, 6) is -0.0400. The number of rotatable bonds is 69. The normalized spacial score (nSPS) is 12.6. The maximum atomic E-state index is 12.5. The van der Waals surface area contributed by atoms with Crippen LogP contribution in [-0.2, 0) is 14.3 Å². The number of carbonyl (C=O) groups is 2. The van der Waals surface area contributed by atoms with Crippen LogP contribution < -0.4 is 5.32 Å². The van der Waals surface area contributed by atoms with Gasteiger partial charge < -0.3 is 20.3 Å². The standard InChI is InChI=1S/C74H143NO5/c1-3-5-7-9-11-13-15-17-19-40-44-48-52-56-60-64-68-74(79)80-69-65-61-57-53-49-45-41-38-36-34-32-30-28-26-24-22-20-21-23-25-27-29-31-33-35-37-39-43-47-51-55-59-63-67-73(78)75-71(70-76)72(77)66-62-58-54-50-46-42-18-16-14-12-10-8-6-4-2/h24,26,62,66,71-72,76-77H,3-23,25,27-61,63-65,67-70H2,1-2H3,(H,75,78)/b26-24-,66-62+. The van der Waals surface area contributed by atoms with Gasteiger partial charge in [0.1, 0.15) is 0 Å². The van der Waals surface area contributed by atoms with Gasteiger partial charge in [0.15, 0.2) is 0 Å². The number of allylic oxidation sites excluding steroid dienone is 3. The van der Waals surface area contributed by atoms with E-state index in [1.165, 1.54) is 347 Å². The van der Waals surface area contributed by atoms with Crippen molar-refractivity contribution < 1.29 is 24.5 Å². The molecule has 2 atom stereocenters. The molecule has 0 heterocycles. The fraction of sp³-hybridized carbons (Fsp3) is 0.919. The highest BCUT2D eigenvalue weighted by Gasteiger charge is 2.18. The van der Waals surface area contributed by atoms with E-state index in [4.69, 9.17) is 4.74 Å². The van der Waals surface area contributed by atoms with Crippen LogP contribution in [0.2, 0.25) is 0 Å². The van der Waals surface area contributed by atoms with Crippen LogP contribution in [0.5, 0.6) is 0 Å². The van der Waals surface area contributed by atoms with E-state index in [1.807, 2.05) is 6.08 Å². The van der Waals surface area contributed by atoms with Crippen LogP contribution in [0.15, 0.2) is 24.3 Å². The molecule has 0 aromatic rings.